The van der Waals surface area contributed by atoms with Gasteiger partial charge in [-0.15, -0.1) is 10.2 Å². The maximum absolute atomic E-state index is 11.5. The Morgan fingerprint density at radius 2 is 1.42 bits per heavy atom. The summed E-state index contributed by atoms with van der Waals surface area (Å²) < 4.78 is 32.4. The first kappa shape index (κ1) is 20.8. The first-order chi connectivity index (χ1) is 14.6. The molecule has 0 aliphatic carbocycles. The fourth-order valence-electron chi connectivity index (χ4n) is 3.83. The molecule has 0 spiro atoms. The number of aromatic hydroxyl groups is 2. The van der Waals surface area contributed by atoms with Crippen molar-refractivity contribution in [3.05, 3.63) is 65.2 Å². The van der Waals surface area contributed by atoms with Crippen LogP contribution in [0.25, 0.3) is 21.5 Å². The van der Waals surface area contributed by atoms with E-state index in [2.05, 4.69) is 10.2 Å². The van der Waals surface area contributed by atoms with Crippen LogP contribution in [0.3, 0.4) is 0 Å². The van der Waals surface area contributed by atoms with Gasteiger partial charge in [0, 0.05) is 10.8 Å². The molecule has 0 radical (unpaired) electrons. The minimum atomic E-state index is -4.38. The molecule has 4 aromatic rings. The van der Waals surface area contributed by atoms with Crippen LogP contribution in [0.2, 0.25) is 0 Å². The number of aryl methyl sites for hydroxylation is 3. The van der Waals surface area contributed by atoms with Gasteiger partial charge in [-0.1, -0.05) is 24.3 Å². The summed E-state index contributed by atoms with van der Waals surface area (Å²) in [5.41, 5.74) is 2.42. The Kier molecular flexibility index (Phi) is 4.91. The van der Waals surface area contributed by atoms with Crippen molar-refractivity contribution in [2.24, 2.45) is 10.2 Å². The van der Waals surface area contributed by atoms with Crippen molar-refractivity contribution in [1.29, 1.82) is 0 Å². The standard InChI is InChI=1S/C23H20N2O5S/c1-12-10-19(26)22(18-7-5-4-6-17(12)18)25-24-21-14(3)8-15-11-16(31(28,29)30)9-13(2)20(15)23(21)27/h4-11,26-27H,1-3H3,(H,28,29,30). The fraction of sp³-hybridized carbons (Fsp3) is 0.130. The van der Waals surface area contributed by atoms with Crippen LogP contribution in [0, 0.1) is 20.8 Å². The molecule has 0 aromatic heterocycles. The molecule has 0 bridgehead atoms. The minimum absolute atomic E-state index is 0.0214. The first-order valence-electron chi connectivity index (χ1n) is 9.45. The number of phenolic OH excluding ortho intramolecular Hbond substituents is 2. The van der Waals surface area contributed by atoms with Gasteiger partial charge in [0.1, 0.15) is 17.1 Å². The van der Waals surface area contributed by atoms with Gasteiger partial charge in [0.2, 0.25) is 0 Å². The Bertz CT molecular complexity index is 1510. The molecule has 0 fully saturated rings. The van der Waals surface area contributed by atoms with E-state index in [-0.39, 0.29) is 22.1 Å². The van der Waals surface area contributed by atoms with Crippen molar-refractivity contribution in [2.75, 3.05) is 0 Å². The molecule has 8 heteroatoms. The topological polar surface area (TPSA) is 120 Å². The van der Waals surface area contributed by atoms with E-state index in [4.69, 9.17) is 0 Å². The van der Waals surface area contributed by atoms with Crippen LogP contribution in [-0.4, -0.2) is 23.2 Å². The predicted octanol–water partition coefficient (Wildman–Crippen LogP) is 5.99. The molecular formula is C23H20N2O5S. The maximum atomic E-state index is 11.5. The second-order valence-corrected chi connectivity index (χ2v) is 8.93. The third kappa shape index (κ3) is 3.60. The smallest absolute Gasteiger partial charge is 0.294 e. The molecule has 7 nitrogen and oxygen atoms in total. The van der Waals surface area contributed by atoms with Crippen molar-refractivity contribution >= 4 is 43.0 Å². The molecule has 0 aliphatic rings. The van der Waals surface area contributed by atoms with Gasteiger partial charge in [0.25, 0.3) is 10.1 Å². The highest BCUT2D eigenvalue weighted by Gasteiger charge is 2.18. The molecule has 0 saturated heterocycles. The van der Waals surface area contributed by atoms with Crippen molar-refractivity contribution in [3.8, 4) is 11.5 Å². The Hall–Kier alpha value is -3.49. The molecule has 0 saturated carbocycles. The van der Waals surface area contributed by atoms with Crippen LogP contribution in [0.15, 0.2) is 63.7 Å². The van der Waals surface area contributed by atoms with Gasteiger partial charge in [0.15, 0.2) is 5.75 Å². The molecule has 0 unspecified atom stereocenters. The number of hydrogen-bond donors (Lipinski definition) is 3. The van der Waals surface area contributed by atoms with E-state index >= 15 is 0 Å². The number of nitrogens with zero attached hydrogens (tertiary/aromatic N) is 2. The Labute approximate surface area is 179 Å². The molecule has 0 amide bonds. The van der Waals surface area contributed by atoms with Crippen LogP contribution in [0.4, 0.5) is 11.4 Å². The normalized spacial score (nSPS) is 12.3. The number of phenols is 2. The molecule has 0 atom stereocenters. The second-order valence-electron chi connectivity index (χ2n) is 7.51. The van der Waals surface area contributed by atoms with E-state index < -0.39 is 10.1 Å². The Balaban J connectivity index is 1.92. The molecular weight excluding hydrogens is 416 g/mol. The molecule has 31 heavy (non-hydrogen) atoms. The summed E-state index contributed by atoms with van der Waals surface area (Å²) in [6.07, 6.45) is 0. The highest BCUT2D eigenvalue weighted by Crippen LogP contribution is 2.43. The van der Waals surface area contributed by atoms with E-state index in [1.807, 2.05) is 31.2 Å². The Morgan fingerprint density at radius 1 is 0.774 bits per heavy atom. The zero-order chi connectivity index (χ0) is 22.5. The average molecular weight is 436 g/mol. The third-order valence-corrected chi connectivity index (χ3v) is 6.13. The van der Waals surface area contributed by atoms with E-state index in [0.29, 0.717) is 27.6 Å². The summed E-state index contributed by atoms with van der Waals surface area (Å²) in [5, 5.41) is 32.3. The van der Waals surface area contributed by atoms with Crippen molar-refractivity contribution < 1.29 is 23.2 Å². The lowest BCUT2D eigenvalue weighted by Crippen LogP contribution is -1.99. The van der Waals surface area contributed by atoms with Gasteiger partial charge < -0.3 is 10.2 Å². The molecule has 158 valence electrons. The lowest BCUT2D eigenvalue weighted by molar-refractivity contribution is 0.476. The molecule has 0 heterocycles. The largest absolute Gasteiger partial charge is 0.506 e. The SMILES string of the molecule is Cc1cc2cc(S(=O)(=O)O)cc(C)c2c(O)c1N=Nc1c(O)cc(C)c2ccccc12. The average Bonchev–Trinajstić information content (AvgIpc) is 2.68. The van der Waals surface area contributed by atoms with E-state index in [1.54, 1.807) is 26.0 Å². The van der Waals surface area contributed by atoms with Crippen LogP contribution in [0.1, 0.15) is 16.7 Å². The summed E-state index contributed by atoms with van der Waals surface area (Å²) in [7, 11) is -4.38. The molecule has 4 aromatic carbocycles. The molecule has 3 N–H and O–H groups in total. The lowest BCUT2D eigenvalue weighted by atomic mass is 10.0. The van der Waals surface area contributed by atoms with Crippen molar-refractivity contribution in [2.45, 2.75) is 25.7 Å². The number of benzene rings is 4. The number of fused-ring (bicyclic) bond motifs is 2. The van der Waals surface area contributed by atoms with Gasteiger partial charge >= 0.3 is 0 Å². The zero-order valence-corrected chi connectivity index (χ0v) is 17.9. The predicted molar refractivity (Wildman–Crippen MR) is 119 cm³/mol. The van der Waals surface area contributed by atoms with Crippen molar-refractivity contribution in [1.82, 2.24) is 0 Å². The fourth-order valence-corrected chi connectivity index (χ4v) is 4.43. The summed E-state index contributed by atoms with van der Waals surface area (Å²) in [4.78, 5) is -0.248. The van der Waals surface area contributed by atoms with Crippen LogP contribution < -0.4 is 0 Å². The van der Waals surface area contributed by atoms with Gasteiger partial charge in [-0.3, -0.25) is 4.55 Å². The number of azo groups is 1. The highest BCUT2D eigenvalue weighted by molar-refractivity contribution is 7.85. The van der Waals surface area contributed by atoms with E-state index in [9.17, 15) is 23.2 Å². The van der Waals surface area contributed by atoms with Crippen molar-refractivity contribution in [3.63, 3.8) is 0 Å². The number of rotatable bonds is 3. The number of hydrogen-bond acceptors (Lipinski definition) is 6. The van der Waals surface area contributed by atoms with E-state index in [0.717, 1.165) is 16.3 Å². The quantitative estimate of drug-likeness (QED) is 0.269. The maximum Gasteiger partial charge on any atom is 0.294 e. The lowest BCUT2D eigenvalue weighted by Gasteiger charge is -2.12. The molecule has 0 aliphatic heterocycles. The van der Waals surface area contributed by atoms with Gasteiger partial charge in [-0.25, -0.2) is 0 Å². The molecule has 4 rings (SSSR count). The third-order valence-electron chi connectivity index (χ3n) is 5.30. The van der Waals surface area contributed by atoms with Gasteiger partial charge in [-0.05, 0) is 72.5 Å². The monoisotopic (exact) mass is 436 g/mol. The van der Waals surface area contributed by atoms with Crippen LogP contribution in [0.5, 0.6) is 11.5 Å². The Morgan fingerprint density at radius 3 is 2.10 bits per heavy atom. The summed E-state index contributed by atoms with van der Waals surface area (Å²) >= 11 is 0. The first-order valence-corrected chi connectivity index (χ1v) is 10.9. The highest BCUT2D eigenvalue weighted by atomic mass is 32.2. The summed E-state index contributed by atoms with van der Waals surface area (Å²) in [6, 6.07) is 13.4. The van der Waals surface area contributed by atoms with Gasteiger partial charge in [-0.2, -0.15) is 8.42 Å². The van der Waals surface area contributed by atoms with E-state index in [1.165, 1.54) is 12.1 Å². The minimum Gasteiger partial charge on any atom is -0.506 e. The second kappa shape index (κ2) is 7.33. The van der Waals surface area contributed by atoms with Gasteiger partial charge in [0.05, 0.1) is 4.90 Å². The van der Waals surface area contributed by atoms with Crippen LogP contribution >= 0.6 is 0 Å². The zero-order valence-electron chi connectivity index (χ0n) is 17.1. The summed E-state index contributed by atoms with van der Waals surface area (Å²) in [5.74, 6) is -0.180. The summed E-state index contributed by atoms with van der Waals surface area (Å²) in [6.45, 7) is 5.23. The van der Waals surface area contributed by atoms with Crippen LogP contribution in [-0.2, 0) is 10.1 Å².